The maximum Gasteiger partial charge on any atom is 0.225 e. The Morgan fingerprint density at radius 3 is 2.65 bits per heavy atom. The van der Waals surface area contributed by atoms with E-state index in [0.29, 0.717) is 21.9 Å². The summed E-state index contributed by atoms with van der Waals surface area (Å²) in [7, 11) is 0. The summed E-state index contributed by atoms with van der Waals surface area (Å²) in [6, 6.07) is 1.72. The van der Waals surface area contributed by atoms with E-state index in [0.717, 1.165) is 5.57 Å². The molecule has 0 fully saturated rings. The molecule has 3 nitrogen and oxygen atoms in total. The third-order valence-corrected chi connectivity index (χ3v) is 2.90. The number of halogens is 2. The number of carbonyl (C=O) groups excluding carboxylic acids is 1. The summed E-state index contributed by atoms with van der Waals surface area (Å²) >= 11 is 9.18. The number of rotatable bonds is 3. The topological polar surface area (TPSA) is 33.2 Å². The van der Waals surface area contributed by atoms with E-state index >= 15 is 0 Å². The first-order chi connectivity index (χ1) is 7.91. The summed E-state index contributed by atoms with van der Waals surface area (Å²) in [5, 5.41) is 0.534. The van der Waals surface area contributed by atoms with Gasteiger partial charge in [0.2, 0.25) is 5.91 Å². The molecule has 17 heavy (non-hydrogen) atoms. The molecule has 0 saturated carbocycles. The van der Waals surface area contributed by atoms with Crippen molar-refractivity contribution in [2.24, 2.45) is 0 Å². The van der Waals surface area contributed by atoms with Gasteiger partial charge in [-0.1, -0.05) is 23.3 Å². The van der Waals surface area contributed by atoms with E-state index in [4.69, 9.17) is 11.6 Å². The van der Waals surface area contributed by atoms with Crippen LogP contribution in [0, 0.1) is 0 Å². The number of anilines is 1. The summed E-state index contributed by atoms with van der Waals surface area (Å²) in [4.78, 5) is 17.4. The Hall–Kier alpha value is -0.870. The average Bonchev–Trinajstić information content (AvgIpc) is 2.20. The zero-order chi connectivity index (χ0) is 13.0. The third kappa shape index (κ3) is 4.13. The van der Waals surface area contributed by atoms with Crippen LogP contribution < -0.4 is 4.90 Å². The number of amides is 1. The van der Waals surface area contributed by atoms with Crippen molar-refractivity contribution in [3.8, 4) is 0 Å². The molecular weight excluding hydrogens is 304 g/mol. The zero-order valence-corrected chi connectivity index (χ0v) is 12.3. The number of nitrogens with zero attached hydrogens (tertiary/aromatic N) is 2. The molecule has 1 rings (SSSR count). The van der Waals surface area contributed by atoms with Crippen molar-refractivity contribution < 1.29 is 4.79 Å². The minimum absolute atomic E-state index is 0.0574. The van der Waals surface area contributed by atoms with E-state index in [2.05, 4.69) is 20.9 Å². The number of hydrogen-bond donors (Lipinski definition) is 0. The Labute approximate surface area is 115 Å². The molecule has 0 radical (unpaired) electrons. The van der Waals surface area contributed by atoms with Crippen LogP contribution in [0.15, 0.2) is 28.4 Å². The van der Waals surface area contributed by atoms with Gasteiger partial charge < -0.3 is 0 Å². The van der Waals surface area contributed by atoms with Crippen LogP contribution in [0.2, 0.25) is 5.02 Å². The van der Waals surface area contributed by atoms with Gasteiger partial charge in [0, 0.05) is 19.7 Å². The van der Waals surface area contributed by atoms with Gasteiger partial charge in [-0.25, -0.2) is 4.98 Å². The second-order valence-corrected chi connectivity index (χ2v) is 5.16. The van der Waals surface area contributed by atoms with E-state index in [-0.39, 0.29) is 5.91 Å². The van der Waals surface area contributed by atoms with Crippen LogP contribution in [-0.2, 0) is 4.79 Å². The Kier molecular flexibility index (Phi) is 5.15. The Morgan fingerprint density at radius 1 is 1.53 bits per heavy atom. The summed E-state index contributed by atoms with van der Waals surface area (Å²) in [6.45, 7) is 6.00. The van der Waals surface area contributed by atoms with Gasteiger partial charge in [0.1, 0.15) is 5.82 Å². The molecule has 0 aliphatic heterocycles. The molecule has 1 aromatic rings. The number of carbonyl (C=O) groups is 1. The molecule has 0 aliphatic carbocycles. The standard InChI is InChI=1S/C12H14BrClN2O/c1-8(2)4-5-16(9(3)17)12-11(13)6-10(14)7-15-12/h4,6-7H,5H2,1-3H3. The fourth-order valence-corrected chi connectivity index (χ4v) is 2.10. The summed E-state index contributed by atoms with van der Waals surface area (Å²) in [6.07, 6.45) is 3.50. The minimum atomic E-state index is -0.0574. The quantitative estimate of drug-likeness (QED) is 0.794. The Morgan fingerprint density at radius 2 is 2.18 bits per heavy atom. The molecule has 0 N–H and O–H groups in total. The lowest BCUT2D eigenvalue weighted by Crippen LogP contribution is -2.29. The second-order valence-electron chi connectivity index (χ2n) is 3.87. The highest BCUT2D eigenvalue weighted by molar-refractivity contribution is 9.10. The fraction of sp³-hybridized carbons (Fsp3) is 0.333. The maximum atomic E-state index is 11.6. The largest absolute Gasteiger partial charge is 0.292 e. The lowest BCUT2D eigenvalue weighted by atomic mass is 10.3. The van der Waals surface area contributed by atoms with E-state index in [1.807, 2.05) is 19.9 Å². The number of allylic oxidation sites excluding steroid dienone is 1. The number of pyridine rings is 1. The van der Waals surface area contributed by atoms with Crippen LogP contribution in [0.5, 0.6) is 0 Å². The Balaban J connectivity index is 3.06. The normalized spacial score (nSPS) is 9.94. The fourth-order valence-electron chi connectivity index (χ4n) is 1.24. The van der Waals surface area contributed by atoms with Gasteiger partial charge in [-0.2, -0.15) is 0 Å². The third-order valence-electron chi connectivity index (χ3n) is 2.11. The van der Waals surface area contributed by atoms with Crippen LogP contribution >= 0.6 is 27.5 Å². The molecule has 1 heterocycles. The van der Waals surface area contributed by atoms with Crippen molar-refractivity contribution in [3.05, 3.63) is 33.4 Å². The molecule has 1 amide bonds. The molecule has 0 aliphatic rings. The summed E-state index contributed by atoms with van der Waals surface area (Å²) < 4.78 is 0.711. The monoisotopic (exact) mass is 316 g/mol. The molecule has 1 aromatic heterocycles. The molecule has 0 atom stereocenters. The van der Waals surface area contributed by atoms with Crippen molar-refractivity contribution in [3.63, 3.8) is 0 Å². The highest BCUT2D eigenvalue weighted by Gasteiger charge is 2.14. The zero-order valence-electron chi connectivity index (χ0n) is 10.00. The van der Waals surface area contributed by atoms with E-state index in [1.54, 1.807) is 11.0 Å². The number of hydrogen-bond acceptors (Lipinski definition) is 2. The van der Waals surface area contributed by atoms with Crippen molar-refractivity contribution in [2.45, 2.75) is 20.8 Å². The summed E-state index contributed by atoms with van der Waals surface area (Å²) in [5.41, 5.74) is 1.15. The predicted octanol–water partition coefficient (Wildman–Crippen LogP) is 3.82. The van der Waals surface area contributed by atoms with Gasteiger partial charge in [-0.3, -0.25) is 9.69 Å². The Bertz CT molecular complexity index is 456. The lowest BCUT2D eigenvalue weighted by Gasteiger charge is -2.19. The highest BCUT2D eigenvalue weighted by atomic mass is 79.9. The van der Waals surface area contributed by atoms with Gasteiger partial charge >= 0.3 is 0 Å². The van der Waals surface area contributed by atoms with E-state index in [1.165, 1.54) is 13.1 Å². The van der Waals surface area contributed by atoms with Gasteiger partial charge in [-0.05, 0) is 35.8 Å². The predicted molar refractivity (Wildman–Crippen MR) is 74.4 cm³/mol. The summed E-state index contributed by atoms with van der Waals surface area (Å²) in [5.74, 6) is 0.525. The average molecular weight is 318 g/mol. The first-order valence-electron chi connectivity index (χ1n) is 5.14. The van der Waals surface area contributed by atoms with Crippen LogP contribution in [0.4, 0.5) is 5.82 Å². The maximum absolute atomic E-state index is 11.6. The molecule has 5 heteroatoms. The van der Waals surface area contributed by atoms with Crippen molar-refractivity contribution in [1.82, 2.24) is 4.98 Å². The minimum Gasteiger partial charge on any atom is -0.292 e. The van der Waals surface area contributed by atoms with Crippen LogP contribution in [0.3, 0.4) is 0 Å². The van der Waals surface area contributed by atoms with E-state index < -0.39 is 0 Å². The second kappa shape index (κ2) is 6.17. The van der Waals surface area contributed by atoms with E-state index in [9.17, 15) is 4.79 Å². The van der Waals surface area contributed by atoms with Crippen molar-refractivity contribution >= 4 is 39.3 Å². The highest BCUT2D eigenvalue weighted by Crippen LogP contribution is 2.26. The molecule has 0 spiro atoms. The van der Waals surface area contributed by atoms with Gasteiger partial charge in [0.15, 0.2) is 0 Å². The van der Waals surface area contributed by atoms with Gasteiger partial charge in [0.25, 0.3) is 0 Å². The van der Waals surface area contributed by atoms with Crippen LogP contribution in [0.25, 0.3) is 0 Å². The molecule has 0 bridgehead atoms. The lowest BCUT2D eigenvalue weighted by molar-refractivity contribution is -0.116. The molecule has 0 unspecified atom stereocenters. The molecule has 92 valence electrons. The van der Waals surface area contributed by atoms with Crippen molar-refractivity contribution in [1.29, 1.82) is 0 Å². The van der Waals surface area contributed by atoms with Gasteiger partial charge in [-0.15, -0.1) is 0 Å². The molecule has 0 aromatic carbocycles. The van der Waals surface area contributed by atoms with Crippen LogP contribution in [-0.4, -0.2) is 17.4 Å². The first-order valence-corrected chi connectivity index (χ1v) is 6.31. The van der Waals surface area contributed by atoms with Gasteiger partial charge in [0.05, 0.1) is 9.50 Å². The first kappa shape index (κ1) is 14.2. The SMILES string of the molecule is CC(=O)N(CC=C(C)C)c1ncc(Cl)cc1Br. The molecule has 0 saturated heterocycles. The van der Waals surface area contributed by atoms with Crippen LogP contribution in [0.1, 0.15) is 20.8 Å². The number of aromatic nitrogens is 1. The van der Waals surface area contributed by atoms with Crippen molar-refractivity contribution in [2.75, 3.05) is 11.4 Å². The smallest absolute Gasteiger partial charge is 0.225 e. The molecular formula is C12H14BrClN2O.